The molecule has 0 heterocycles. The normalized spacial score (nSPS) is 16.8. The summed E-state index contributed by atoms with van der Waals surface area (Å²) in [5.74, 6) is 0.837. The first-order valence-corrected chi connectivity index (χ1v) is 6.78. The summed E-state index contributed by atoms with van der Waals surface area (Å²) in [5.41, 5.74) is 12.5. The highest BCUT2D eigenvalue weighted by Crippen LogP contribution is 2.27. The van der Waals surface area contributed by atoms with Gasteiger partial charge in [0.1, 0.15) is 5.75 Å². The van der Waals surface area contributed by atoms with Crippen molar-refractivity contribution < 1.29 is 13.5 Å². The quantitative estimate of drug-likeness (QED) is 0.544. The van der Waals surface area contributed by atoms with Crippen LogP contribution in [0.2, 0.25) is 0 Å². The molecule has 6 nitrogen and oxygen atoms in total. The van der Waals surface area contributed by atoms with Gasteiger partial charge in [0.05, 0.1) is 17.5 Å². The Balaban J connectivity index is 0.000000357. The Morgan fingerprint density at radius 3 is 2.28 bits per heavy atom. The SMILES string of the molecule is NS(=O)[O-].Nc1ccc(OC2CCCC2)cc1N. The highest BCUT2D eigenvalue weighted by atomic mass is 32.2. The van der Waals surface area contributed by atoms with Gasteiger partial charge in [-0.15, -0.1) is 0 Å². The number of ether oxygens (including phenoxy) is 1. The van der Waals surface area contributed by atoms with Gasteiger partial charge in [-0.1, -0.05) is 0 Å². The van der Waals surface area contributed by atoms with Crippen molar-refractivity contribution in [1.29, 1.82) is 0 Å². The molecule has 1 unspecified atom stereocenters. The van der Waals surface area contributed by atoms with Crippen LogP contribution in [-0.2, 0) is 11.3 Å². The Morgan fingerprint density at radius 1 is 1.22 bits per heavy atom. The first-order chi connectivity index (χ1) is 8.49. The molecule has 1 aromatic rings. The summed E-state index contributed by atoms with van der Waals surface area (Å²) in [6, 6.07) is 5.47. The lowest BCUT2D eigenvalue weighted by molar-refractivity contribution is 0.210. The molecule has 0 bridgehead atoms. The summed E-state index contributed by atoms with van der Waals surface area (Å²) in [7, 11) is 0. The summed E-state index contributed by atoms with van der Waals surface area (Å²) in [6.45, 7) is 0. The van der Waals surface area contributed by atoms with E-state index in [1.54, 1.807) is 12.1 Å². The first kappa shape index (κ1) is 14.7. The third-order valence-corrected chi connectivity index (χ3v) is 2.66. The van der Waals surface area contributed by atoms with Gasteiger partial charge in [0.25, 0.3) is 0 Å². The van der Waals surface area contributed by atoms with Crippen molar-refractivity contribution in [3.8, 4) is 5.75 Å². The number of hydrogen-bond donors (Lipinski definition) is 3. The van der Waals surface area contributed by atoms with E-state index in [1.807, 2.05) is 6.07 Å². The van der Waals surface area contributed by atoms with Crippen LogP contribution in [0.15, 0.2) is 18.2 Å². The standard InChI is InChI=1S/C11H16N2O.H3NO2S/c12-10-6-5-9(7-11(10)13)14-8-3-1-2-4-8;1-4(2)3/h5-8H,1-4,12-13H2;1H2,(H,2,3)/p-1. The maximum atomic E-state index is 8.78. The molecule has 102 valence electrons. The summed E-state index contributed by atoms with van der Waals surface area (Å²) in [6.07, 6.45) is 5.23. The molecule has 18 heavy (non-hydrogen) atoms. The third kappa shape index (κ3) is 5.35. The Kier molecular flexibility index (Phi) is 5.90. The molecule has 0 aliphatic heterocycles. The van der Waals surface area contributed by atoms with Gasteiger partial charge in [0, 0.05) is 17.3 Å². The Bertz CT molecular complexity index is 405. The van der Waals surface area contributed by atoms with Gasteiger partial charge >= 0.3 is 0 Å². The highest BCUT2D eigenvalue weighted by molar-refractivity contribution is 7.76. The smallest absolute Gasteiger partial charge is 0.121 e. The van der Waals surface area contributed by atoms with Crippen molar-refractivity contribution in [2.75, 3.05) is 11.5 Å². The molecule has 1 saturated carbocycles. The predicted octanol–water partition coefficient (Wildman–Crippen LogP) is 0.912. The zero-order valence-corrected chi connectivity index (χ0v) is 10.8. The molecule has 0 radical (unpaired) electrons. The fraction of sp³-hybridized carbons (Fsp3) is 0.455. The maximum Gasteiger partial charge on any atom is 0.121 e. The van der Waals surface area contributed by atoms with Crippen molar-refractivity contribution in [3.05, 3.63) is 18.2 Å². The fourth-order valence-corrected chi connectivity index (χ4v) is 1.82. The van der Waals surface area contributed by atoms with E-state index in [0.29, 0.717) is 17.5 Å². The second-order valence-corrected chi connectivity index (χ2v) is 4.60. The topological polar surface area (TPSA) is 127 Å². The molecule has 0 amide bonds. The molecule has 1 aliphatic carbocycles. The van der Waals surface area contributed by atoms with E-state index >= 15 is 0 Å². The fourth-order valence-electron chi connectivity index (χ4n) is 1.82. The van der Waals surface area contributed by atoms with Crippen LogP contribution in [0.5, 0.6) is 5.75 Å². The van der Waals surface area contributed by atoms with Crippen molar-refractivity contribution >= 4 is 22.6 Å². The summed E-state index contributed by atoms with van der Waals surface area (Å²) >= 11 is -2.36. The molecule has 6 N–H and O–H groups in total. The van der Waals surface area contributed by atoms with E-state index in [1.165, 1.54) is 12.8 Å². The van der Waals surface area contributed by atoms with E-state index < -0.39 is 11.3 Å². The monoisotopic (exact) mass is 272 g/mol. The van der Waals surface area contributed by atoms with Gasteiger partial charge in [-0.2, -0.15) is 0 Å². The molecule has 1 fully saturated rings. The summed E-state index contributed by atoms with van der Waals surface area (Å²) < 4.78 is 23.3. The predicted molar refractivity (Wildman–Crippen MR) is 71.3 cm³/mol. The minimum atomic E-state index is -2.36. The second-order valence-electron chi connectivity index (χ2n) is 4.08. The molecule has 2 rings (SSSR count). The average Bonchev–Trinajstić information content (AvgIpc) is 2.75. The molecular formula is C11H18N3O3S-. The van der Waals surface area contributed by atoms with Crippen LogP contribution in [0.4, 0.5) is 11.4 Å². The lowest BCUT2D eigenvalue weighted by atomic mass is 10.2. The largest absolute Gasteiger partial charge is 0.760 e. The van der Waals surface area contributed by atoms with E-state index in [4.69, 9.17) is 25.0 Å². The van der Waals surface area contributed by atoms with Crippen molar-refractivity contribution in [1.82, 2.24) is 0 Å². The maximum absolute atomic E-state index is 8.78. The number of benzene rings is 1. The van der Waals surface area contributed by atoms with E-state index in [0.717, 1.165) is 18.6 Å². The average molecular weight is 272 g/mol. The minimum absolute atomic E-state index is 0.373. The zero-order valence-electron chi connectivity index (χ0n) is 10.0. The van der Waals surface area contributed by atoms with Crippen LogP contribution < -0.4 is 21.3 Å². The molecule has 0 aromatic heterocycles. The molecule has 7 heteroatoms. The van der Waals surface area contributed by atoms with Crippen molar-refractivity contribution in [3.63, 3.8) is 0 Å². The highest BCUT2D eigenvalue weighted by Gasteiger charge is 2.16. The molecule has 0 spiro atoms. The van der Waals surface area contributed by atoms with Crippen LogP contribution in [0.1, 0.15) is 25.7 Å². The lowest BCUT2D eigenvalue weighted by Gasteiger charge is -2.13. The molecule has 1 aliphatic rings. The number of nitrogen functional groups attached to an aromatic ring is 2. The first-order valence-electron chi connectivity index (χ1n) is 5.64. The van der Waals surface area contributed by atoms with Crippen LogP contribution >= 0.6 is 0 Å². The van der Waals surface area contributed by atoms with Gasteiger partial charge in [-0.05, 0) is 37.8 Å². The number of anilines is 2. The molecular weight excluding hydrogens is 254 g/mol. The van der Waals surface area contributed by atoms with Gasteiger partial charge in [-0.25, -0.2) is 0 Å². The summed E-state index contributed by atoms with van der Waals surface area (Å²) in [4.78, 5) is 0. The van der Waals surface area contributed by atoms with E-state index in [2.05, 4.69) is 5.14 Å². The van der Waals surface area contributed by atoms with Gasteiger partial charge < -0.3 is 20.8 Å². The Labute approximate surface area is 109 Å². The summed E-state index contributed by atoms with van der Waals surface area (Å²) in [5, 5.41) is 4.03. The van der Waals surface area contributed by atoms with Crippen LogP contribution in [0.25, 0.3) is 0 Å². The van der Waals surface area contributed by atoms with E-state index in [-0.39, 0.29) is 0 Å². The lowest BCUT2D eigenvalue weighted by Crippen LogP contribution is -2.11. The third-order valence-electron chi connectivity index (χ3n) is 2.66. The van der Waals surface area contributed by atoms with Gasteiger partial charge in [0.2, 0.25) is 0 Å². The number of rotatable bonds is 2. The second kappa shape index (κ2) is 7.20. The van der Waals surface area contributed by atoms with Gasteiger partial charge in [0.15, 0.2) is 0 Å². The van der Waals surface area contributed by atoms with Crippen molar-refractivity contribution in [2.24, 2.45) is 5.14 Å². The van der Waals surface area contributed by atoms with Crippen LogP contribution in [0.3, 0.4) is 0 Å². The Morgan fingerprint density at radius 2 is 1.78 bits per heavy atom. The Hall–Kier alpha value is -1.31. The van der Waals surface area contributed by atoms with Gasteiger partial charge in [-0.3, -0.25) is 9.35 Å². The zero-order chi connectivity index (χ0) is 13.5. The number of hydrogen-bond acceptors (Lipinski definition) is 5. The minimum Gasteiger partial charge on any atom is -0.760 e. The molecule has 1 aromatic carbocycles. The van der Waals surface area contributed by atoms with E-state index in [9.17, 15) is 0 Å². The number of nitrogens with two attached hydrogens (primary N) is 3. The van der Waals surface area contributed by atoms with Crippen LogP contribution in [0, 0.1) is 0 Å². The molecule has 1 atom stereocenters. The molecule has 0 saturated heterocycles. The van der Waals surface area contributed by atoms with Crippen LogP contribution in [-0.4, -0.2) is 14.9 Å². The van der Waals surface area contributed by atoms with Crippen molar-refractivity contribution in [2.45, 2.75) is 31.8 Å².